The molecule has 0 atom stereocenters. The fraction of sp³-hybridized carbons (Fsp3) is 0.375. The summed E-state index contributed by atoms with van der Waals surface area (Å²) in [6.45, 7) is 2.02. The molecule has 0 radical (unpaired) electrons. The van der Waals surface area contributed by atoms with E-state index in [0.717, 1.165) is 15.7 Å². The van der Waals surface area contributed by atoms with Crippen LogP contribution in [0.3, 0.4) is 0 Å². The quantitative estimate of drug-likeness (QED) is 0.772. The number of nitrogens with zero attached hydrogens (tertiary/aromatic N) is 3. The lowest BCUT2D eigenvalue weighted by Crippen LogP contribution is -2.45. The highest BCUT2D eigenvalue weighted by atomic mass is 32.2. The molecule has 1 aromatic carbocycles. The Morgan fingerprint density at radius 3 is 2.29 bits per heavy atom. The van der Waals surface area contributed by atoms with Crippen molar-refractivity contribution in [1.82, 2.24) is 13.4 Å². The molecular weight excluding hydrogens is 330 g/mol. The average molecular weight is 349 g/mol. The number of rotatable bonds is 2. The van der Waals surface area contributed by atoms with Crippen molar-refractivity contribution < 1.29 is 8.42 Å². The fourth-order valence-corrected chi connectivity index (χ4v) is 4.78. The van der Waals surface area contributed by atoms with Crippen LogP contribution in [0.15, 0.2) is 38.8 Å². The van der Waals surface area contributed by atoms with E-state index < -0.39 is 21.3 Å². The molecule has 0 spiro atoms. The van der Waals surface area contributed by atoms with Gasteiger partial charge in [0.15, 0.2) is 4.90 Å². The molecule has 0 fully saturated rings. The first-order valence-corrected chi connectivity index (χ1v) is 9.02. The van der Waals surface area contributed by atoms with Crippen LogP contribution in [0.25, 0.3) is 0 Å². The maximum absolute atomic E-state index is 13.1. The van der Waals surface area contributed by atoms with Crippen LogP contribution in [0.4, 0.5) is 0 Å². The zero-order chi connectivity index (χ0) is 17.6. The molecule has 128 valence electrons. The summed E-state index contributed by atoms with van der Waals surface area (Å²) in [7, 11) is -1.24. The molecule has 0 amide bonds. The summed E-state index contributed by atoms with van der Waals surface area (Å²) in [6, 6.07) is 7.67. The third-order valence-corrected chi connectivity index (χ3v) is 6.58. The van der Waals surface area contributed by atoms with Crippen LogP contribution in [-0.4, -0.2) is 28.4 Å². The molecule has 7 nitrogen and oxygen atoms in total. The van der Waals surface area contributed by atoms with Gasteiger partial charge in [-0.3, -0.25) is 13.9 Å². The van der Waals surface area contributed by atoms with E-state index in [1.165, 1.54) is 29.9 Å². The van der Waals surface area contributed by atoms with Gasteiger partial charge in [-0.05, 0) is 24.5 Å². The van der Waals surface area contributed by atoms with Crippen LogP contribution in [0.1, 0.15) is 16.8 Å². The molecule has 3 rings (SSSR count). The summed E-state index contributed by atoms with van der Waals surface area (Å²) < 4.78 is 29.4. The van der Waals surface area contributed by atoms with Crippen molar-refractivity contribution in [2.75, 3.05) is 6.54 Å². The van der Waals surface area contributed by atoms with Gasteiger partial charge in [-0.25, -0.2) is 13.2 Å². The summed E-state index contributed by atoms with van der Waals surface area (Å²) in [5, 5.41) is 0. The second-order valence-electron chi connectivity index (χ2n) is 5.98. The Balaban J connectivity index is 2.14. The lowest BCUT2D eigenvalue weighted by Gasteiger charge is -2.28. The van der Waals surface area contributed by atoms with Gasteiger partial charge in [0.2, 0.25) is 0 Å². The standard InChI is InChI=1S/C16H19N3O4S/c1-11-14(15(20)18(3)16(21)17(11)2)24(22,23)19-9-8-12-6-4-5-7-13(12)10-19/h4-7H,8-10H2,1-3H3. The zero-order valence-electron chi connectivity index (χ0n) is 13.8. The van der Waals surface area contributed by atoms with Crippen molar-refractivity contribution in [3.63, 3.8) is 0 Å². The molecule has 0 bridgehead atoms. The third kappa shape index (κ3) is 2.42. The van der Waals surface area contributed by atoms with Crippen molar-refractivity contribution in [1.29, 1.82) is 0 Å². The molecule has 8 heteroatoms. The molecule has 1 aromatic heterocycles. The van der Waals surface area contributed by atoms with E-state index >= 15 is 0 Å². The topological polar surface area (TPSA) is 81.4 Å². The minimum Gasteiger partial charge on any atom is -0.300 e. The first-order chi connectivity index (χ1) is 11.2. The van der Waals surface area contributed by atoms with Crippen LogP contribution in [-0.2, 0) is 37.1 Å². The normalized spacial score (nSPS) is 15.3. The largest absolute Gasteiger partial charge is 0.330 e. The Morgan fingerprint density at radius 1 is 1.00 bits per heavy atom. The summed E-state index contributed by atoms with van der Waals surface area (Å²) >= 11 is 0. The van der Waals surface area contributed by atoms with E-state index in [0.29, 0.717) is 13.0 Å². The molecule has 2 aromatic rings. The van der Waals surface area contributed by atoms with Crippen molar-refractivity contribution in [2.24, 2.45) is 14.1 Å². The van der Waals surface area contributed by atoms with Crippen LogP contribution < -0.4 is 11.2 Å². The van der Waals surface area contributed by atoms with E-state index in [2.05, 4.69) is 0 Å². The lowest BCUT2D eigenvalue weighted by atomic mass is 10.0. The Bertz CT molecular complexity index is 1030. The van der Waals surface area contributed by atoms with Gasteiger partial charge < -0.3 is 0 Å². The van der Waals surface area contributed by atoms with Crippen molar-refractivity contribution >= 4 is 10.0 Å². The van der Waals surface area contributed by atoms with Crippen LogP contribution in [0.5, 0.6) is 0 Å². The van der Waals surface area contributed by atoms with Gasteiger partial charge >= 0.3 is 5.69 Å². The molecule has 0 unspecified atom stereocenters. The van der Waals surface area contributed by atoms with Crippen molar-refractivity contribution in [2.45, 2.75) is 24.8 Å². The highest BCUT2D eigenvalue weighted by molar-refractivity contribution is 7.89. The second kappa shape index (κ2) is 5.71. The highest BCUT2D eigenvalue weighted by Crippen LogP contribution is 2.24. The van der Waals surface area contributed by atoms with Crippen LogP contribution in [0, 0.1) is 6.92 Å². The maximum Gasteiger partial charge on any atom is 0.330 e. The lowest BCUT2D eigenvalue weighted by molar-refractivity contribution is 0.389. The maximum atomic E-state index is 13.1. The van der Waals surface area contributed by atoms with Crippen LogP contribution in [0.2, 0.25) is 0 Å². The molecule has 1 aliphatic rings. The molecule has 0 saturated carbocycles. The fourth-order valence-electron chi connectivity index (χ4n) is 3.02. The van der Waals surface area contributed by atoms with E-state index in [4.69, 9.17) is 0 Å². The first kappa shape index (κ1) is 16.7. The zero-order valence-corrected chi connectivity index (χ0v) is 14.6. The van der Waals surface area contributed by atoms with Crippen molar-refractivity contribution in [3.05, 3.63) is 61.9 Å². The molecular formula is C16H19N3O4S. The summed E-state index contributed by atoms with van der Waals surface area (Å²) in [5.74, 6) is 0. The van der Waals surface area contributed by atoms with Gasteiger partial charge in [-0.2, -0.15) is 4.31 Å². The van der Waals surface area contributed by atoms with Gasteiger partial charge in [-0.1, -0.05) is 24.3 Å². The van der Waals surface area contributed by atoms with Gasteiger partial charge in [0, 0.05) is 32.9 Å². The van der Waals surface area contributed by atoms with Gasteiger partial charge in [0.1, 0.15) is 0 Å². The third-order valence-electron chi connectivity index (χ3n) is 4.60. The molecule has 0 aliphatic carbocycles. The molecule has 24 heavy (non-hydrogen) atoms. The van der Waals surface area contributed by atoms with E-state index in [1.807, 2.05) is 24.3 Å². The highest BCUT2D eigenvalue weighted by Gasteiger charge is 2.33. The smallest absolute Gasteiger partial charge is 0.300 e. The Hall–Kier alpha value is -2.19. The monoisotopic (exact) mass is 349 g/mol. The number of hydrogen-bond acceptors (Lipinski definition) is 4. The van der Waals surface area contributed by atoms with Gasteiger partial charge in [0.05, 0.1) is 0 Å². The summed E-state index contributed by atoms with van der Waals surface area (Å²) in [4.78, 5) is 24.1. The number of sulfonamides is 1. The van der Waals surface area contributed by atoms with Gasteiger partial charge in [-0.15, -0.1) is 0 Å². The predicted octanol–water partition coefficient (Wildman–Crippen LogP) is 0.139. The predicted molar refractivity (Wildman–Crippen MR) is 89.4 cm³/mol. The summed E-state index contributed by atoms with van der Waals surface area (Å²) in [6.07, 6.45) is 0.598. The SMILES string of the molecule is Cc1c(S(=O)(=O)N2CCc3ccccc3C2)c(=O)n(C)c(=O)n1C. The number of benzene rings is 1. The van der Waals surface area contributed by atoms with Gasteiger partial charge in [0.25, 0.3) is 15.6 Å². The van der Waals surface area contributed by atoms with E-state index in [9.17, 15) is 18.0 Å². The van der Waals surface area contributed by atoms with E-state index in [-0.39, 0.29) is 17.1 Å². The van der Waals surface area contributed by atoms with Crippen molar-refractivity contribution in [3.8, 4) is 0 Å². The average Bonchev–Trinajstić information content (AvgIpc) is 2.57. The van der Waals surface area contributed by atoms with E-state index in [1.54, 1.807) is 0 Å². The number of aromatic nitrogens is 2. The minimum absolute atomic E-state index is 0.155. The Kier molecular flexibility index (Phi) is 3.97. The Labute approximate surface area is 139 Å². The minimum atomic E-state index is -3.99. The molecule has 1 aliphatic heterocycles. The second-order valence-corrected chi connectivity index (χ2v) is 7.85. The van der Waals surface area contributed by atoms with Crippen LogP contribution >= 0.6 is 0 Å². The molecule has 2 heterocycles. The number of fused-ring (bicyclic) bond motifs is 1. The first-order valence-electron chi connectivity index (χ1n) is 7.58. The molecule has 0 saturated heterocycles. The number of hydrogen-bond donors (Lipinski definition) is 0. The summed E-state index contributed by atoms with van der Waals surface area (Å²) in [5.41, 5.74) is 0.887. The Morgan fingerprint density at radius 2 is 1.62 bits per heavy atom. The molecule has 0 N–H and O–H groups in total.